The molecule has 1 aliphatic rings. The minimum atomic E-state index is 0.228. The highest BCUT2D eigenvalue weighted by Gasteiger charge is 2.20. The molecule has 11 heteroatoms. The molecule has 264 valence electrons. The lowest BCUT2D eigenvalue weighted by atomic mass is 9.96. The highest BCUT2D eigenvalue weighted by Crippen LogP contribution is 2.39. The van der Waals surface area contributed by atoms with E-state index in [0.29, 0.717) is 51.9 Å². The number of likely N-dealkylation sites (tertiary alicyclic amines) is 1. The first-order chi connectivity index (χ1) is 24.9. The first kappa shape index (κ1) is 36.2. The number of ether oxygens (including phenoxy) is 3. The molecule has 0 saturated carbocycles. The van der Waals surface area contributed by atoms with E-state index in [4.69, 9.17) is 37.4 Å². The number of pyridine rings is 1. The molecule has 3 heterocycles. The Labute approximate surface area is 309 Å². The van der Waals surface area contributed by atoms with E-state index in [1.165, 1.54) is 19.0 Å². The molecule has 0 amide bonds. The Morgan fingerprint density at radius 3 is 2.63 bits per heavy atom. The zero-order chi connectivity index (χ0) is 35.6. The van der Waals surface area contributed by atoms with Gasteiger partial charge >= 0.3 is 0 Å². The summed E-state index contributed by atoms with van der Waals surface area (Å²) in [5.41, 5.74) is 7.11. The van der Waals surface area contributed by atoms with E-state index < -0.39 is 0 Å². The first-order valence-electron chi connectivity index (χ1n) is 17.2. The molecule has 5 aromatic rings. The van der Waals surface area contributed by atoms with Crippen molar-refractivity contribution in [3.05, 3.63) is 123 Å². The van der Waals surface area contributed by atoms with Gasteiger partial charge in [-0.25, -0.2) is 0 Å². The monoisotopic (exact) mass is 724 g/mol. The SMILES string of the molecule is Cc1c(COc2cc(OCc3cncc(C#N)c3)c(CNCCc3cc[nH]n3)cc2Cl)cccc1-c1cccc(OCC2CCCN(C)C2)c1Cl. The summed E-state index contributed by atoms with van der Waals surface area (Å²) in [6.07, 6.45) is 8.17. The second-order valence-corrected chi connectivity index (χ2v) is 13.7. The number of aromatic nitrogens is 3. The number of hydrogen-bond donors (Lipinski definition) is 2. The third kappa shape index (κ3) is 9.60. The maximum Gasteiger partial charge on any atom is 0.142 e. The van der Waals surface area contributed by atoms with Crippen LogP contribution < -0.4 is 19.5 Å². The minimum absolute atomic E-state index is 0.228. The summed E-state index contributed by atoms with van der Waals surface area (Å²) >= 11 is 13.8. The van der Waals surface area contributed by atoms with E-state index in [0.717, 1.165) is 65.1 Å². The summed E-state index contributed by atoms with van der Waals surface area (Å²) in [5, 5.41) is 20.9. The van der Waals surface area contributed by atoms with Crippen LogP contribution in [-0.4, -0.2) is 53.4 Å². The largest absolute Gasteiger partial charge is 0.492 e. The van der Waals surface area contributed by atoms with Crippen LogP contribution in [0.25, 0.3) is 11.1 Å². The molecule has 1 saturated heterocycles. The van der Waals surface area contributed by atoms with Gasteiger partial charge in [0.2, 0.25) is 0 Å². The highest BCUT2D eigenvalue weighted by atomic mass is 35.5. The molecule has 2 aromatic heterocycles. The molecule has 51 heavy (non-hydrogen) atoms. The summed E-state index contributed by atoms with van der Waals surface area (Å²) < 4.78 is 18.9. The lowest BCUT2D eigenvalue weighted by molar-refractivity contribution is 0.150. The van der Waals surface area contributed by atoms with Crippen molar-refractivity contribution in [2.45, 2.75) is 45.9 Å². The van der Waals surface area contributed by atoms with Crippen LogP contribution in [0.15, 0.2) is 79.3 Å². The smallest absolute Gasteiger partial charge is 0.142 e. The predicted octanol–water partition coefficient (Wildman–Crippen LogP) is 8.17. The van der Waals surface area contributed by atoms with Crippen LogP contribution >= 0.6 is 23.2 Å². The molecule has 0 bridgehead atoms. The number of hydrogen-bond acceptors (Lipinski definition) is 8. The van der Waals surface area contributed by atoms with Crippen LogP contribution in [0, 0.1) is 24.2 Å². The van der Waals surface area contributed by atoms with Crippen LogP contribution in [0.4, 0.5) is 0 Å². The maximum absolute atomic E-state index is 9.31. The van der Waals surface area contributed by atoms with Crippen LogP contribution in [-0.2, 0) is 26.2 Å². The number of halogens is 2. The molecule has 2 N–H and O–H groups in total. The fourth-order valence-corrected chi connectivity index (χ4v) is 6.87. The number of H-pyrrole nitrogens is 1. The topological polar surface area (TPSA) is 108 Å². The van der Waals surface area contributed by atoms with E-state index in [9.17, 15) is 5.26 Å². The molecule has 1 atom stereocenters. The quantitative estimate of drug-likeness (QED) is 0.104. The van der Waals surface area contributed by atoms with E-state index in [1.807, 2.05) is 54.7 Å². The van der Waals surface area contributed by atoms with Gasteiger partial charge in [0.25, 0.3) is 0 Å². The van der Waals surface area contributed by atoms with Crippen molar-refractivity contribution < 1.29 is 14.2 Å². The van der Waals surface area contributed by atoms with Gasteiger partial charge in [-0.2, -0.15) is 10.4 Å². The van der Waals surface area contributed by atoms with Gasteiger partial charge in [0.1, 0.15) is 36.5 Å². The summed E-state index contributed by atoms with van der Waals surface area (Å²) in [7, 11) is 2.16. The Balaban J connectivity index is 1.17. The summed E-state index contributed by atoms with van der Waals surface area (Å²) in [6.45, 7) is 6.67. The van der Waals surface area contributed by atoms with Crippen molar-refractivity contribution in [2.24, 2.45) is 5.92 Å². The number of nitrogens with one attached hydrogen (secondary N) is 2. The second-order valence-electron chi connectivity index (χ2n) is 12.9. The fourth-order valence-electron chi connectivity index (χ4n) is 6.35. The minimum Gasteiger partial charge on any atom is -0.492 e. The van der Waals surface area contributed by atoms with E-state index in [-0.39, 0.29) is 13.2 Å². The Morgan fingerprint density at radius 2 is 1.80 bits per heavy atom. The molecular weight excluding hydrogens is 683 g/mol. The number of rotatable bonds is 15. The third-order valence-electron chi connectivity index (χ3n) is 9.14. The number of aromatic amines is 1. The van der Waals surface area contributed by atoms with E-state index in [1.54, 1.807) is 12.3 Å². The van der Waals surface area contributed by atoms with E-state index >= 15 is 0 Å². The molecule has 9 nitrogen and oxygen atoms in total. The van der Waals surface area contributed by atoms with Gasteiger partial charge in [-0.3, -0.25) is 10.1 Å². The van der Waals surface area contributed by atoms with Gasteiger partial charge in [0.15, 0.2) is 0 Å². The molecule has 1 unspecified atom stereocenters. The first-order valence-corrected chi connectivity index (χ1v) is 17.9. The molecular formula is C40H42Cl2N6O3. The highest BCUT2D eigenvalue weighted by molar-refractivity contribution is 6.35. The Bertz CT molecular complexity index is 1960. The van der Waals surface area contributed by atoms with Gasteiger partial charge in [-0.15, -0.1) is 0 Å². The maximum atomic E-state index is 9.31. The van der Waals surface area contributed by atoms with Crippen molar-refractivity contribution in [1.29, 1.82) is 5.26 Å². The molecule has 1 aliphatic heterocycles. The van der Waals surface area contributed by atoms with Crippen LogP contribution in [0.3, 0.4) is 0 Å². The van der Waals surface area contributed by atoms with Crippen molar-refractivity contribution in [3.8, 4) is 34.4 Å². The zero-order valence-electron chi connectivity index (χ0n) is 28.9. The molecule has 6 rings (SSSR count). The number of nitrogens with zero attached hydrogens (tertiary/aromatic N) is 4. The number of piperidine rings is 1. The zero-order valence-corrected chi connectivity index (χ0v) is 30.4. The van der Waals surface area contributed by atoms with Gasteiger partial charge < -0.3 is 24.4 Å². The Hall–Kier alpha value is -4.59. The van der Waals surface area contributed by atoms with Crippen molar-refractivity contribution in [2.75, 3.05) is 33.3 Å². The van der Waals surface area contributed by atoms with Crippen LogP contribution in [0.5, 0.6) is 17.2 Å². The fraction of sp³-hybridized carbons (Fsp3) is 0.325. The summed E-state index contributed by atoms with van der Waals surface area (Å²) in [5.74, 6) is 2.32. The molecule has 0 spiro atoms. The average Bonchev–Trinajstić information content (AvgIpc) is 3.67. The van der Waals surface area contributed by atoms with Gasteiger partial charge in [-0.1, -0.05) is 53.5 Å². The van der Waals surface area contributed by atoms with E-state index in [2.05, 4.69) is 51.5 Å². The Morgan fingerprint density at radius 1 is 0.961 bits per heavy atom. The third-order valence-corrected chi connectivity index (χ3v) is 9.83. The number of benzene rings is 3. The van der Waals surface area contributed by atoms with Crippen molar-refractivity contribution in [3.63, 3.8) is 0 Å². The second kappa shape index (κ2) is 17.6. The molecule has 0 aliphatic carbocycles. The van der Waals surface area contributed by atoms with Crippen molar-refractivity contribution >= 4 is 23.2 Å². The summed E-state index contributed by atoms with van der Waals surface area (Å²) in [4.78, 5) is 6.52. The Kier molecular flexibility index (Phi) is 12.5. The lowest BCUT2D eigenvalue weighted by Gasteiger charge is -2.29. The van der Waals surface area contributed by atoms with Crippen molar-refractivity contribution in [1.82, 2.24) is 25.4 Å². The van der Waals surface area contributed by atoms with Gasteiger partial charge in [0.05, 0.1) is 27.9 Å². The van der Waals surface area contributed by atoms with Crippen LogP contribution in [0.2, 0.25) is 10.0 Å². The molecule has 0 radical (unpaired) electrons. The standard InChI is InChI=1S/C40H42Cl2N6O3/c1-27-31(7-3-8-34(27)35-9-4-10-37(40(35)42)49-24-28-6-5-15-48(2)23-28)26-51-39-18-38(50-25-30-16-29(19-43)20-45-21-30)32(17-36(39)41)22-44-13-11-33-12-14-46-47-33/h3-4,7-10,12,14,16-18,20-21,28,44H,5-6,11,13,15,22-26H2,1-2H3,(H,46,47). The van der Waals surface area contributed by atoms with Gasteiger partial charge in [-0.05, 0) is 74.3 Å². The normalized spacial score (nSPS) is 14.6. The van der Waals surface area contributed by atoms with Gasteiger partial charge in [0, 0.05) is 73.3 Å². The average molecular weight is 726 g/mol. The predicted molar refractivity (Wildman–Crippen MR) is 200 cm³/mol. The lowest BCUT2D eigenvalue weighted by Crippen LogP contribution is -2.34. The molecule has 3 aromatic carbocycles. The van der Waals surface area contributed by atoms with Crippen LogP contribution in [0.1, 0.15) is 46.4 Å². The number of nitriles is 1. The molecule has 1 fully saturated rings. The summed E-state index contributed by atoms with van der Waals surface area (Å²) in [6, 6.07) is 21.6.